The van der Waals surface area contributed by atoms with E-state index < -0.39 is 8.80 Å². The fraction of sp³-hybridized carbons (Fsp3) is 0.385. The predicted octanol–water partition coefficient (Wildman–Crippen LogP) is 5.49. The van der Waals surface area contributed by atoms with Gasteiger partial charge in [0.25, 0.3) is 0 Å². The van der Waals surface area contributed by atoms with Crippen LogP contribution in [0, 0.1) is 33.1 Å². The van der Waals surface area contributed by atoms with Crippen molar-refractivity contribution in [3.63, 3.8) is 0 Å². The zero-order valence-electron chi connectivity index (χ0n) is 18.3. The second-order valence-electron chi connectivity index (χ2n) is 9.63. The van der Waals surface area contributed by atoms with Crippen LogP contribution >= 0.6 is 0 Å². The maximum atomic E-state index is 2.47. The molecule has 0 atom stereocenters. The highest BCUT2D eigenvalue weighted by Crippen LogP contribution is 2.38. The average Bonchev–Trinajstić information content (AvgIpc) is 2.87. The molecule has 2 aromatic carbocycles. The molecule has 0 spiro atoms. The summed E-state index contributed by atoms with van der Waals surface area (Å²) in [6.45, 7) is 18.3. The van der Waals surface area contributed by atoms with Gasteiger partial charge in [-0.05, 0) is 52.0 Å². The average molecular weight is 375 g/mol. The van der Waals surface area contributed by atoms with Crippen LogP contribution in [-0.4, -0.2) is 8.80 Å². The molecule has 0 N–H and O–H groups in total. The van der Waals surface area contributed by atoms with Gasteiger partial charge < -0.3 is 0 Å². The van der Waals surface area contributed by atoms with Crippen molar-refractivity contribution in [2.45, 2.75) is 61.8 Å². The number of rotatable bonds is 3. The molecule has 3 rings (SSSR count). The molecule has 0 aliphatic heterocycles. The Kier molecular flexibility index (Phi) is 5.36. The van der Waals surface area contributed by atoms with E-state index in [2.05, 4.69) is 97.9 Å². The molecular formula is C26H34Si. The van der Waals surface area contributed by atoms with Crippen LogP contribution in [0.5, 0.6) is 0 Å². The normalized spacial score (nSPS) is 14.9. The fourth-order valence-corrected chi connectivity index (χ4v) is 8.95. The van der Waals surface area contributed by atoms with Gasteiger partial charge >= 0.3 is 0 Å². The van der Waals surface area contributed by atoms with Crippen LogP contribution in [0.2, 0.25) is 0 Å². The minimum absolute atomic E-state index is 0.191. The molecule has 0 amide bonds. The van der Waals surface area contributed by atoms with E-state index in [-0.39, 0.29) is 5.41 Å². The van der Waals surface area contributed by atoms with Crippen LogP contribution in [0.25, 0.3) is 0 Å². The minimum Gasteiger partial charge on any atom is -0.0693 e. The van der Waals surface area contributed by atoms with Crippen molar-refractivity contribution in [3.8, 4) is 0 Å². The van der Waals surface area contributed by atoms with E-state index in [1.807, 2.05) is 0 Å². The Morgan fingerprint density at radius 2 is 1.07 bits per heavy atom. The molecular weight excluding hydrogens is 340 g/mol. The van der Waals surface area contributed by atoms with E-state index in [0.29, 0.717) is 0 Å². The SMILES string of the molecule is CC1=CC(C(C)(C)C)=C([SiH](c2cc(C)cc(C)c2)c2cc(C)cc(C)c2)C1. The second-order valence-corrected chi connectivity index (χ2v) is 12.5. The van der Waals surface area contributed by atoms with E-state index >= 15 is 0 Å². The summed E-state index contributed by atoms with van der Waals surface area (Å²) in [7, 11) is -1.48. The quantitative estimate of drug-likeness (QED) is 0.623. The Morgan fingerprint density at radius 3 is 1.44 bits per heavy atom. The summed E-state index contributed by atoms with van der Waals surface area (Å²) in [5, 5.41) is 4.85. The smallest absolute Gasteiger partial charge is 0.0693 e. The fourth-order valence-electron chi connectivity index (χ4n) is 4.69. The molecule has 1 aliphatic rings. The summed E-state index contributed by atoms with van der Waals surface area (Å²) in [6.07, 6.45) is 3.62. The largest absolute Gasteiger partial charge is 0.129 e. The standard InChI is InChI=1S/C26H34Si/c1-17-9-18(2)12-22(11-17)27(23-13-19(3)10-20(4)14-23)25-16-21(5)15-24(25)26(6,7)8/h9-15,27H,16H2,1-8H3. The molecule has 27 heavy (non-hydrogen) atoms. The Labute approximate surface area is 167 Å². The van der Waals surface area contributed by atoms with Crippen LogP contribution in [0.15, 0.2) is 58.8 Å². The third kappa shape index (κ3) is 4.35. The highest BCUT2D eigenvalue weighted by molar-refractivity contribution is 6.91. The van der Waals surface area contributed by atoms with Gasteiger partial charge in [0.2, 0.25) is 0 Å². The molecule has 0 fully saturated rings. The Bertz CT molecular complexity index is 843. The summed E-state index contributed by atoms with van der Waals surface area (Å²) in [4.78, 5) is 0. The summed E-state index contributed by atoms with van der Waals surface area (Å²) in [5.41, 5.74) is 8.81. The molecule has 142 valence electrons. The van der Waals surface area contributed by atoms with Gasteiger partial charge in [0, 0.05) is 0 Å². The van der Waals surface area contributed by atoms with Crippen LogP contribution in [-0.2, 0) is 0 Å². The van der Waals surface area contributed by atoms with Gasteiger partial charge in [0.1, 0.15) is 8.80 Å². The molecule has 2 aromatic rings. The lowest BCUT2D eigenvalue weighted by atomic mass is 9.87. The van der Waals surface area contributed by atoms with Gasteiger partial charge in [-0.15, -0.1) is 0 Å². The van der Waals surface area contributed by atoms with Gasteiger partial charge in [0.05, 0.1) is 0 Å². The number of hydrogen-bond donors (Lipinski definition) is 0. The first-order valence-corrected chi connectivity index (χ1v) is 11.8. The minimum atomic E-state index is -1.48. The van der Waals surface area contributed by atoms with Crippen molar-refractivity contribution < 1.29 is 0 Å². The maximum absolute atomic E-state index is 2.47. The maximum Gasteiger partial charge on any atom is 0.129 e. The molecule has 1 aliphatic carbocycles. The Balaban J connectivity index is 2.28. The van der Waals surface area contributed by atoms with E-state index in [1.54, 1.807) is 21.1 Å². The van der Waals surface area contributed by atoms with Gasteiger partial charge in [0.15, 0.2) is 0 Å². The summed E-state index contributed by atoms with van der Waals surface area (Å²) in [6, 6.07) is 14.4. The number of allylic oxidation sites excluding steroid dienone is 4. The highest BCUT2D eigenvalue weighted by Gasteiger charge is 2.31. The lowest BCUT2D eigenvalue weighted by Gasteiger charge is -2.27. The summed E-state index contributed by atoms with van der Waals surface area (Å²) < 4.78 is 0. The predicted molar refractivity (Wildman–Crippen MR) is 123 cm³/mol. The highest BCUT2D eigenvalue weighted by atomic mass is 28.3. The lowest BCUT2D eigenvalue weighted by Crippen LogP contribution is -2.45. The monoisotopic (exact) mass is 374 g/mol. The van der Waals surface area contributed by atoms with Crippen molar-refractivity contribution >= 4 is 19.2 Å². The van der Waals surface area contributed by atoms with Crippen molar-refractivity contribution in [3.05, 3.63) is 81.1 Å². The number of hydrogen-bond acceptors (Lipinski definition) is 0. The first kappa shape index (κ1) is 19.9. The Morgan fingerprint density at radius 1 is 0.667 bits per heavy atom. The van der Waals surface area contributed by atoms with Gasteiger partial charge in [-0.3, -0.25) is 0 Å². The van der Waals surface area contributed by atoms with Crippen molar-refractivity contribution in [1.29, 1.82) is 0 Å². The lowest BCUT2D eigenvalue weighted by molar-refractivity contribution is 0.516. The number of benzene rings is 2. The summed E-state index contributed by atoms with van der Waals surface area (Å²) >= 11 is 0. The molecule has 0 unspecified atom stereocenters. The molecule has 0 heterocycles. The zero-order chi connectivity index (χ0) is 19.9. The molecule has 1 heteroatoms. The van der Waals surface area contributed by atoms with Crippen LogP contribution in [0.3, 0.4) is 0 Å². The molecule has 0 nitrogen and oxygen atoms in total. The van der Waals surface area contributed by atoms with Gasteiger partial charge in [-0.1, -0.05) is 107 Å². The number of aryl methyl sites for hydroxylation is 4. The molecule has 0 saturated carbocycles. The first-order chi connectivity index (χ1) is 12.5. The molecule has 0 aromatic heterocycles. The Hall–Kier alpha value is -1.86. The topological polar surface area (TPSA) is 0 Å². The van der Waals surface area contributed by atoms with Crippen LogP contribution in [0.4, 0.5) is 0 Å². The van der Waals surface area contributed by atoms with Crippen molar-refractivity contribution in [2.24, 2.45) is 5.41 Å². The van der Waals surface area contributed by atoms with Crippen molar-refractivity contribution in [2.75, 3.05) is 0 Å². The van der Waals surface area contributed by atoms with E-state index in [1.165, 1.54) is 27.8 Å². The van der Waals surface area contributed by atoms with E-state index in [0.717, 1.165) is 6.42 Å². The summed E-state index contributed by atoms with van der Waals surface area (Å²) in [5.74, 6) is 0. The zero-order valence-corrected chi connectivity index (χ0v) is 19.5. The third-order valence-corrected chi connectivity index (χ3v) is 8.73. The molecule has 0 radical (unpaired) electrons. The molecule has 0 bridgehead atoms. The first-order valence-electron chi connectivity index (χ1n) is 10.1. The van der Waals surface area contributed by atoms with Crippen LogP contribution < -0.4 is 10.4 Å². The third-order valence-electron chi connectivity index (χ3n) is 5.52. The second kappa shape index (κ2) is 7.28. The molecule has 0 saturated heterocycles. The van der Waals surface area contributed by atoms with Crippen LogP contribution in [0.1, 0.15) is 56.4 Å². The van der Waals surface area contributed by atoms with Crippen molar-refractivity contribution in [1.82, 2.24) is 0 Å². The van der Waals surface area contributed by atoms with Gasteiger partial charge in [-0.2, -0.15) is 0 Å². The van der Waals surface area contributed by atoms with E-state index in [9.17, 15) is 0 Å². The van der Waals surface area contributed by atoms with E-state index in [4.69, 9.17) is 0 Å². The van der Waals surface area contributed by atoms with Gasteiger partial charge in [-0.25, -0.2) is 0 Å².